The fourth-order valence-electron chi connectivity index (χ4n) is 10.9. The second-order valence-electron chi connectivity index (χ2n) is 19.1. The Kier molecular flexibility index (Phi) is 10.3. The van der Waals surface area contributed by atoms with Gasteiger partial charge in [-0.3, -0.25) is 0 Å². The molecular weight excluding hydrogens is 927 g/mol. The standard InChI is InChI=1S/C67H46BrN3/c1-67(2)59-37-35-50(41-58(59)65(68)64(67)56-25-14-20-47-19-9-10-23-54(47)56)51-36-38-63-57(40-51)55-24-11-12-26-62(55)71(63)53-22-13-21-52(39-53)66-69-60(48-31-27-45(28-32-48)43-15-5-3-6-16-43)42-61(70-66)49-33-29-46(30-34-49)44-17-7-4-8-18-44/h3-42H,1-2H3. The lowest BCUT2D eigenvalue weighted by molar-refractivity contribution is 0.705. The van der Waals surface area contributed by atoms with Crippen molar-refractivity contribution in [2.75, 3.05) is 0 Å². The molecule has 0 fully saturated rings. The van der Waals surface area contributed by atoms with Crippen molar-refractivity contribution in [1.29, 1.82) is 0 Å². The van der Waals surface area contributed by atoms with E-state index in [0.717, 1.165) is 49.3 Å². The molecule has 4 heteroatoms. The van der Waals surface area contributed by atoms with E-state index in [9.17, 15) is 0 Å². The molecule has 0 amide bonds. The molecule has 0 saturated carbocycles. The molecule has 0 aliphatic heterocycles. The summed E-state index contributed by atoms with van der Waals surface area (Å²) in [6.07, 6.45) is 0. The van der Waals surface area contributed by atoms with Crippen LogP contribution in [0.2, 0.25) is 0 Å². The Labute approximate surface area is 422 Å². The average molecular weight is 973 g/mol. The molecule has 0 spiro atoms. The van der Waals surface area contributed by atoms with Crippen LogP contribution in [0.3, 0.4) is 0 Å². The molecule has 12 aromatic rings. The zero-order chi connectivity index (χ0) is 47.6. The summed E-state index contributed by atoms with van der Waals surface area (Å²) in [7, 11) is 0. The van der Waals surface area contributed by atoms with Gasteiger partial charge in [-0.15, -0.1) is 0 Å². The summed E-state index contributed by atoms with van der Waals surface area (Å²) in [6.45, 7) is 4.70. The van der Waals surface area contributed by atoms with Crippen LogP contribution in [-0.4, -0.2) is 14.5 Å². The van der Waals surface area contributed by atoms with E-state index in [1.54, 1.807) is 0 Å². The highest BCUT2D eigenvalue weighted by atomic mass is 79.9. The zero-order valence-electron chi connectivity index (χ0n) is 39.3. The molecule has 0 saturated heterocycles. The molecule has 0 atom stereocenters. The molecule has 2 heterocycles. The lowest BCUT2D eigenvalue weighted by Crippen LogP contribution is -2.16. The minimum absolute atomic E-state index is 0.182. The number of rotatable bonds is 8. The average Bonchev–Trinajstić information content (AvgIpc) is 3.87. The Bertz CT molecular complexity index is 3950. The first kappa shape index (κ1) is 42.6. The van der Waals surface area contributed by atoms with Crippen LogP contribution in [0.1, 0.15) is 30.5 Å². The Morgan fingerprint density at radius 3 is 1.56 bits per heavy atom. The second-order valence-corrected chi connectivity index (χ2v) is 19.9. The van der Waals surface area contributed by atoms with Gasteiger partial charge < -0.3 is 4.57 Å². The van der Waals surface area contributed by atoms with E-state index in [4.69, 9.17) is 9.97 Å². The monoisotopic (exact) mass is 971 g/mol. The predicted molar refractivity (Wildman–Crippen MR) is 302 cm³/mol. The first-order chi connectivity index (χ1) is 34.9. The van der Waals surface area contributed by atoms with Crippen LogP contribution in [0.25, 0.3) is 116 Å². The number of aromatic nitrogens is 3. The van der Waals surface area contributed by atoms with E-state index in [1.165, 1.54) is 77.2 Å². The normalized spacial score (nSPS) is 13.1. The summed E-state index contributed by atoms with van der Waals surface area (Å²) in [4.78, 5) is 10.6. The summed E-state index contributed by atoms with van der Waals surface area (Å²) in [5.74, 6) is 0.672. The van der Waals surface area contributed by atoms with Gasteiger partial charge in [0.1, 0.15) is 0 Å². The van der Waals surface area contributed by atoms with Gasteiger partial charge in [0.05, 0.1) is 22.4 Å². The van der Waals surface area contributed by atoms with Gasteiger partial charge in [0.15, 0.2) is 5.82 Å². The predicted octanol–water partition coefficient (Wildman–Crippen LogP) is 18.3. The molecule has 13 rings (SSSR count). The summed E-state index contributed by atoms with van der Waals surface area (Å²) >= 11 is 4.15. The topological polar surface area (TPSA) is 30.7 Å². The Hall–Kier alpha value is -8.44. The van der Waals surface area contributed by atoms with Gasteiger partial charge in [-0.25, -0.2) is 9.97 Å². The second kappa shape index (κ2) is 17.2. The molecule has 336 valence electrons. The van der Waals surface area contributed by atoms with Crippen LogP contribution in [0, 0.1) is 0 Å². The van der Waals surface area contributed by atoms with Gasteiger partial charge in [-0.1, -0.05) is 214 Å². The molecule has 1 aliphatic rings. The molecule has 0 unspecified atom stereocenters. The van der Waals surface area contributed by atoms with Crippen molar-refractivity contribution >= 4 is 58.6 Å². The van der Waals surface area contributed by atoms with Crippen LogP contribution in [-0.2, 0) is 5.41 Å². The number of allylic oxidation sites excluding steroid dienone is 1. The van der Waals surface area contributed by atoms with Crippen molar-refractivity contribution in [3.05, 3.63) is 259 Å². The Balaban J connectivity index is 0.898. The lowest BCUT2D eigenvalue weighted by Gasteiger charge is -2.26. The maximum Gasteiger partial charge on any atom is 0.160 e. The van der Waals surface area contributed by atoms with E-state index in [-0.39, 0.29) is 5.41 Å². The molecule has 10 aromatic carbocycles. The van der Waals surface area contributed by atoms with Crippen molar-refractivity contribution < 1.29 is 0 Å². The third-order valence-corrected chi connectivity index (χ3v) is 15.3. The van der Waals surface area contributed by atoms with Crippen molar-refractivity contribution in [1.82, 2.24) is 14.5 Å². The van der Waals surface area contributed by atoms with Gasteiger partial charge in [-0.05, 0) is 125 Å². The first-order valence-corrected chi connectivity index (χ1v) is 25.0. The molecule has 2 aromatic heterocycles. The van der Waals surface area contributed by atoms with Crippen molar-refractivity contribution in [2.45, 2.75) is 19.3 Å². The van der Waals surface area contributed by atoms with Crippen molar-refractivity contribution in [3.63, 3.8) is 0 Å². The fraction of sp³-hybridized carbons (Fsp3) is 0.0448. The Morgan fingerprint density at radius 2 is 0.873 bits per heavy atom. The molecule has 1 aliphatic carbocycles. The number of hydrogen-bond acceptors (Lipinski definition) is 2. The van der Waals surface area contributed by atoms with Gasteiger partial charge in [0, 0.05) is 43.0 Å². The van der Waals surface area contributed by atoms with E-state index in [0.29, 0.717) is 5.82 Å². The minimum atomic E-state index is -0.182. The first-order valence-electron chi connectivity index (χ1n) is 24.2. The third-order valence-electron chi connectivity index (χ3n) is 14.5. The summed E-state index contributed by atoms with van der Waals surface area (Å²) in [6, 6.07) is 87.2. The highest BCUT2D eigenvalue weighted by molar-refractivity contribution is 9.15. The molecule has 71 heavy (non-hydrogen) atoms. The third kappa shape index (κ3) is 7.42. The number of para-hydroxylation sites is 1. The van der Waals surface area contributed by atoms with Gasteiger partial charge >= 0.3 is 0 Å². The van der Waals surface area contributed by atoms with Crippen LogP contribution in [0.4, 0.5) is 0 Å². The fourth-order valence-corrected chi connectivity index (χ4v) is 11.9. The maximum absolute atomic E-state index is 5.31. The molecule has 0 N–H and O–H groups in total. The van der Waals surface area contributed by atoms with E-state index in [1.807, 2.05) is 0 Å². The number of nitrogens with zero attached hydrogens (tertiary/aromatic N) is 3. The SMILES string of the molecule is CC1(C)C(c2cccc3ccccc23)=C(Br)c2cc(-c3ccc4c(c3)c3ccccc3n4-c3cccc(-c4nc(-c5ccc(-c6ccccc6)cc5)cc(-c5ccc(-c6ccccc6)cc5)n4)c3)ccc21. The molecular formula is C67H46BrN3. The summed E-state index contributed by atoms with van der Waals surface area (Å²) in [5, 5.41) is 4.93. The highest BCUT2D eigenvalue weighted by Gasteiger charge is 2.38. The van der Waals surface area contributed by atoms with E-state index >= 15 is 0 Å². The number of hydrogen-bond donors (Lipinski definition) is 0. The van der Waals surface area contributed by atoms with Gasteiger partial charge in [-0.2, -0.15) is 0 Å². The quantitative estimate of drug-likeness (QED) is 0.152. The molecule has 3 nitrogen and oxygen atoms in total. The zero-order valence-corrected chi connectivity index (χ0v) is 40.9. The van der Waals surface area contributed by atoms with E-state index < -0.39 is 0 Å². The molecule has 0 bridgehead atoms. The van der Waals surface area contributed by atoms with Crippen molar-refractivity contribution in [2.24, 2.45) is 0 Å². The van der Waals surface area contributed by atoms with Crippen molar-refractivity contribution in [3.8, 4) is 73.0 Å². The number of halogens is 1. The smallest absolute Gasteiger partial charge is 0.160 e. The lowest BCUT2D eigenvalue weighted by atomic mass is 9.77. The van der Waals surface area contributed by atoms with E-state index in [2.05, 4.69) is 277 Å². The largest absolute Gasteiger partial charge is 0.309 e. The minimum Gasteiger partial charge on any atom is -0.309 e. The van der Waals surface area contributed by atoms with Crippen LogP contribution >= 0.6 is 15.9 Å². The Morgan fingerprint density at radius 1 is 0.366 bits per heavy atom. The van der Waals surface area contributed by atoms with Crippen LogP contribution in [0.15, 0.2) is 243 Å². The number of benzene rings is 10. The van der Waals surface area contributed by atoms with Crippen LogP contribution in [0.5, 0.6) is 0 Å². The maximum atomic E-state index is 5.31. The number of fused-ring (bicyclic) bond motifs is 5. The van der Waals surface area contributed by atoms with Gasteiger partial charge in [0.25, 0.3) is 0 Å². The highest BCUT2D eigenvalue weighted by Crippen LogP contribution is 2.55. The molecule has 0 radical (unpaired) electrons. The van der Waals surface area contributed by atoms with Crippen LogP contribution < -0.4 is 0 Å². The summed E-state index contributed by atoms with van der Waals surface area (Å²) < 4.78 is 3.55. The summed E-state index contributed by atoms with van der Waals surface area (Å²) in [5.41, 5.74) is 20.1. The van der Waals surface area contributed by atoms with Gasteiger partial charge in [0.2, 0.25) is 0 Å².